The minimum Gasteiger partial charge on any atom is -0.507 e. The van der Waals surface area contributed by atoms with Gasteiger partial charge in [-0.2, -0.15) is 0 Å². The first-order valence-electron chi connectivity index (χ1n) is 7.32. The number of thioether (sulfide) groups is 1. The van der Waals surface area contributed by atoms with Crippen molar-refractivity contribution in [2.75, 3.05) is 0 Å². The molecule has 2 fully saturated rings. The van der Waals surface area contributed by atoms with Gasteiger partial charge in [0.15, 0.2) is 0 Å². The molecule has 116 valence electrons. The number of amides is 1. The van der Waals surface area contributed by atoms with E-state index in [-0.39, 0.29) is 17.7 Å². The van der Waals surface area contributed by atoms with Crippen LogP contribution < -0.4 is 0 Å². The number of carbonyl (C=O) groups is 1. The second-order valence-electron chi connectivity index (χ2n) is 5.55. The van der Waals surface area contributed by atoms with Crippen LogP contribution in [0.1, 0.15) is 37.7 Å². The fraction of sp³-hybridized carbons (Fsp3) is 0.375. The average Bonchev–Trinajstić information content (AvgIpc) is 2.78. The van der Waals surface area contributed by atoms with E-state index in [0.29, 0.717) is 14.8 Å². The summed E-state index contributed by atoms with van der Waals surface area (Å²) >= 11 is 8.94. The lowest BCUT2D eigenvalue weighted by atomic mass is 9.94. The molecule has 0 spiro atoms. The third-order valence-electron chi connectivity index (χ3n) is 4.04. The molecular formula is C16H16INO2S2. The van der Waals surface area contributed by atoms with Crippen molar-refractivity contribution >= 4 is 62.9 Å². The molecule has 1 heterocycles. The van der Waals surface area contributed by atoms with Crippen molar-refractivity contribution in [1.82, 2.24) is 4.90 Å². The summed E-state index contributed by atoms with van der Waals surface area (Å²) in [4.78, 5) is 15.1. The Morgan fingerprint density at radius 1 is 1.32 bits per heavy atom. The SMILES string of the molecule is O=C1C(=Cc2cc(I)ccc2O)SC(=S)N1C1CCCCC1. The Hall–Kier alpha value is -0.600. The molecule has 1 saturated carbocycles. The van der Waals surface area contributed by atoms with Gasteiger partial charge in [-0.25, -0.2) is 0 Å². The predicted molar refractivity (Wildman–Crippen MR) is 103 cm³/mol. The lowest BCUT2D eigenvalue weighted by Gasteiger charge is -2.29. The summed E-state index contributed by atoms with van der Waals surface area (Å²) in [7, 11) is 0. The largest absolute Gasteiger partial charge is 0.507 e. The number of hydrogen-bond acceptors (Lipinski definition) is 4. The van der Waals surface area contributed by atoms with Gasteiger partial charge in [-0.3, -0.25) is 9.69 Å². The summed E-state index contributed by atoms with van der Waals surface area (Å²) in [5.74, 6) is 0.170. The van der Waals surface area contributed by atoms with Gasteiger partial charge in [0.05, 0.1) is 4.91 Å². The molecule has 0 radical (unpaired) electrons. The molecule has 0 aromatic heterocycles. The Morgan fingerprint density at radius 3 is 2.77 bits per heavy atom. The molecule has 0 unspecified atom stereocenters. The Labute approximate surface area is 153 Å². The molecule has 0 atom stereocenters. The summed E-state index contributed by atoms with van der Waals surface area (Å²) in [6, 6.07) is 5.59. The molecular weight excluding hydrogens is 429 g/mol. The van der Waals surface area contributed by atoms with Crippen molar-refractivity contribution in [3.8, 4) is 5.75 Å². The third-order valence-corrected chi connectivity index (χ3v) is 6.04. The molecule has 6 heteroatoms. The molecule has 1 aliphatic heterocycles. The Kier molecular flexibility index (Phi) is 5.09. The number of phenols is 1. The summed E-state index contributed by atoms with van der Waals surface area (Å²) in [5.41, 5.74) is 0.663. The average molecular weight is 445 g/mol. The molecule has 1 amide bonds. The molecule has 1 aliphatic carbocycles. The molecule has 3 rings (SSSR count). The molecule has 1 saturated heterocycles. The summed E-state index contributed by atoms with van der Waals surface area (Å²) in [5, 5.41) is 9.95. The van der Waals surface area contributed by atoms with Crippen LogP contribution in [0.2, 0.25) is 0 Å². The molecule has 0 bridgehead atoms. The quantitative estimate of drug-likeness (QED) is 0.413. The summed E-state index contributed by atoms with van der Waals surface area (Å²) in [6.45, 7) is 0. The summed E-state index contributed by atoms with van der Waals surface area (Å²) in [6.07, 6.45) is 7.40. The van der Waals surface area contributed by atoms with Gasteiger partial charge in [-0.1, -0.05) is 43.2 Å². The zero-order valence-electron chi connectivity index (χ0n) is 11.9. The van der Waals surface area contributed by atoms with Crippen LogP contribution in [0, 0.1) is 3.57 Å². The molecule has 3 nitrogen and oxygen atoms in total. The van der Waals surface area contributed by atoms with Crippen LogP contribution in [0.4, 0.5) is 0 Å². The number of hydrogen-bond donors (Lipinski definition) is 1. The third kappa shape index (κ3) is 3.33. The predicted octanol–water partition coefficient (Wildman–Crippen LogP) is 4.53. The first kappa shape index (κ1) is 16.3. The number of nitrogens with zero attached hydrogens (tertiary/aromatic N) is 1. The van der Waals surface area contributed by atoms with E-state index in [4.69, 9.17) is 12.2 Å². The number of thiocarbonyl (C=S) groups is 1. The van der Waals surface area contributed by atoms with Crippen LogP contribution in [0.5, 0.6) is 5.75 Å². The van der Waals surface area contributed by atoms with E-state index >= 15 is 0 Å². The van der Waals surface area contributed by atoms with Crippen LogP contribution in [0.3, 0.4) is 0 Å². The molecule has 1 N–H and O–H groups in total. The highest BCUT2D eigenvalue weighted by atomic mass is 127. The van der Waals surface area contributed by atoms with Crippen LogP contribution in [-0.2, 0) is 4.79 Å². The number of benzene rings is 1. The monoisotopic (exact) mass is 445 g/mol. The van der Waals surface area contributed by atoms with E-state index in [1.165, 1.54) is 31.0 Å². The fourth-order valence-electron chi connectivity index (χ4n) is 2.92. The van der Waals surface area contributed by atoms with Gasteiger partial charge < -0.3 is 5.11 Å². The maximum Gasteiger partial charge on any atom is 0.266 e. The van der Waals surface area contributed by atoms with Crippen molar-refractivity contribution in [2.45, 2.75) is 38.1 Å². The zero-order chi connectivity index (χ0) is 15.7. The first-order chi connectivity index (χ1) is 10.6. The normalized spacial score (nSPS) is 21.9. The van der Waals surface area contributed by atoms with Crippen LogP contribution >= 0.6 is 46.6 Å². The first-order valence-corrected chi connectivity index (χ1v) is 9.62. The molecule has 22 heavy (non-hydrogen) atoms. The fourth-order valence-corrected chi connectivity index (χ4v) is 4.82. The van der Waals surface area contributed by atoms with Crippen LogP contribution in [-0.4, -0.2) is 26.3 Å². The van der Waals surface area contributed by atoms with Crippen molar-refractivity contribution < 1.29 is 9.90 Å². The number of carbonyl (C=O) groups excluding carboxylic acids is 1. The Morgan fingerprint density at radius 2 is 2.05 bits per heavy atom. The van der Waals surface area contributed by atoms with Gasteiger partial charge in [0.1, 0.15) is 10.1 Å². The number of phenolic OH excluding ortho intramolecular Hbond substituents is 1. The lowest BCUT2D eigenvalue weighted by Crippen LogP contribution is -2.39. The van der Waals surface area contributed by atoms with Crippen LogP contribution in [0.25, 0.3) is 6.08 Å². The molecule has 2 aliphatic rings. The second kappa shape index (κ2) is 6.88. The van der Waals surface area contributed by atoms with Crippen molar-refractivity contribution in [1.29, 1.82) is 0 Å². The van der Waals surface area contributed by atoms with Crippen molar-refractivity contribution in [3.05, 3.63) is 32.2 Å². The highest BCUT2D eigenvalue weighted by molar-refractivity contribution is 14.1. The maximum absolute atomic E-state index is 12.7. The Balaban J connectivity index is 1.86. The second-order valence-corrected chi connectivity index (χ2v) is 8.47. The Bertz CT molecular complexity index is 654. The topological polar surface area (TPSA) is 40.5 Å². The van der Waals surface area contributed by atoms with Crippen LogP contribution in [0.15, 0.2) is 23.1 Å². The van der Waals surface area contributed by atoms with Crippen molar-refractivity contribution in [2.24, 2.45) is 0 Å². The molecule has 1 aromatic rings. The minimum absolute atomic E-state index is 0.0137. The number of halogens is 1. The number of rotatable bonds is 2. The van der Waals surface area contributed by atoms with Gasteiger partial charge in [0.25, 0.3) is 5.91 Å². The van der Waals surface area contributed by atoms with Gasteiger partial charge in [0, 0.05) is 15.2 Å². The zero-order valence-corrected chi connectivity index (χ0v) is 15.7. The lowest BCUT2D eigenvalue weighted by molar-refractivity contribution is -0.124. The van der Waals surface area contributed by atoms with E-state index in [0.717, 1.165) is 16.4 Å². The van der Waals surface area contributed by atoms with E-state index in [9.17, 15) is 9.90 Å². The maximum atomic E-state index is 12.7. The van der Waals surface area contributed by atoms with E-state index in [2.05, 4.69) is 22.6 Å². The smallest absolute Gasteiger partial charge is 0.266 e. The highest BCUT2D eigenvalue weighted by Gasteiger charge is 2.37. The van der Waals surface area contributed by atoms with Gasteiger partial charge in [-0.05, 0) is 59.7 Å². The van der Waals surface area contributed by atoms with E-state index in [1.807, 2.05) is 12.1 Å². The highest BCUT2D eigenvalue weighted by Crippen LogP contribution is 2.38. The van der Waals surface area contributed by atoms with E-state index < -0.39 is 0 Å². The van der Waals surface area contributed by atoms with E-state index in [1.54, 1.807) is 17.0 Å². The minimum atomic E-state index is -0.0137. The molecule has 1 aromatic carbocycles. The van der Waals surface area contributed by atoms with Gasteiger partial charge >= 0.3 is 0 Å². The van der Waals surface area contributed by atoms with Gasteiger partial charge in [0.2, 0.25) is 0 Å². The standard InChI is InChI=1S/C16H16INO2S2/c17-11-6-7-13(19)10(8-11)9-14-15(20)18(16(21)22-14)12-4-2-1-3-5-12/h6-9,12,19H,1-5H2. The summed E-state index contributed by atoms with van der Waals surface area (Å²) < 4.78 is 1.66. The van der Waals surface area contributed by atoms with Crippen molar-refractivity contribution in [3.63, 3.8) is 0 Å². The van der Waals surface area contributed by atoms with Gasteiger partial charge in [-0.15, -0.1) is 0 Å². The number of aromatic hydroxyl groups is 1.